The first-order chi connectivity index (χ1) is 9.86. The summed E-state index contributed by atoms with van der Waals surface area (Å²) in [6.45, 7) is 3.28. The van der Waals surface area contributed by atoms with Crippen LogP contribution in [0.5, 0.6) is 0 Å². The van der Waals surface area contributed by atoms with Crippen LogP contribution in [0, 0.1) is 5.92 Å². The summed E-state index contributed by atoms with van der Waals surface area (Å²) in [7, 11) is 0. The van der Waals surface area contributed by atoms with Crippen LogP contribution in [0.2, 0.25) is 0 Å². The van der Waals surface area contributed by atoms with E-state index < -0.39 is 0 Å². The molecule has 1 saturated carbocycles. The first-order valence-corrected chi connectivity index (χ1v) is 8.89. The molecule has 1 unspecified atom stereocenters. The second-order valence-corrected chi connectivity index (χ2v) is 6.82. The number of hydrogen-bond donors (Lipinski definition) is 1. The number of thiazole rings is 1. The Kier molecular flexibility index (Phi) is 4.73. The molecule has 20 heavy (non-hydrogen) atoms. The van der Waals surface area contributed by atoms with Gasteiger partial charge in [-0.05, 0) is 25.3 Å². The lowest BCUT2D eigenvalue weighted by Crippen LogP contribution is -2.38. The fourth-order valence-electron chi connectivity index (χ4n) is 3.48. The van der Waals surface area contributed by atoms with Gasteiger partial charge in [-0.3, -0.25) is 4.40 Å². The predicted molar refractivity (Wildman–Crippen MR) is 85.4 cm³/mol. The van der Waals surface area contributed by atoms with E-state index >= 15 is 0 Å². The topological polar surface area (TPSA) is 29.3 Å². The van der Waals surface area contributed by atoms with Crippen molar-refractivity contribution >= 4 is 16.3 Å². The van der Waals surface area contributed by atoms with Gasteiger partial charge in [0, 0.05) is 30.2 Å². The fourth-order valence-corrected chi connectivity index (χ4v) is 4.20. The number of rotatable bonds is 5. The Labute approximate surface area is 125 Å². The van der Waals surface area contributed by atoms with Gasteiger partial charge in [0.15, 0.2) is 4.96 Å². The fraction of sp³-hybridized carbons (Fsp3) is 0.688. The summed E-state index contributed by atoms with van der Waals surface area (Å²) in [5, 5.41) is 5.82. The molecule has 2 heterocycles. The van der Waals surface area contributed by atoms with Gasteiger partial charge in [0.25, 0.3) is 0 Å². The van der Waals surface area contributed by atoms with Gasteiger partial charge in [-0.2, -0.15) is 0 Å². The maximum Gasteiger partial charge on any atom is 0.193 e. The van der Waals surface area contributed by atoms with Gasteiger partial charge >= 0.3 is 0 Å². The number of hydrogen-bond acceptors (Lipinski definition) is 3. The predicted octanol–water partition coefficient (Wildman–Crippen LogP) is 3.89. The zero-order valence-corrected chi connectivity index (χ0v) is 13.2. The average molecular weight is 291 g/mol. The minimum atomic E-state index is 0.600. The highest BCUT2D eigenvalue weighted by Gasteiger charge is 2.23. The summed E-state index contributed by atoms with van der Waals surface area (Å²) in [6.07, 6.45) is 13.8. The molecule has 4 heteroatoms. The molecule has 1 aliphatic carbocycles. The summed E-state index contributed by atoms with van der Waals surface area (Å²) in [6, 6.07) is 0.600. The van der Waals surface area contributed by atoms with E-state index in [0.29, 0.717) is 6.04 Å². The highest BCUT2D eigenvalue weighted by atomic mass is 32.1. The highest BCUT2D eigenvalue weighted by molar-refractivity contribution is 7.15. The van der Waals surface area contributed by atoms with Crippen molar-refractivity contribution in [1.82, 2.24) is 14.7 Å². The quantitative estimate of drug-likeness (QED) is 0.847. The lowest BCUT2D eigenvalue weighted by atomic mass is 9.89. The third kappa shape index (κ3) is 3.23. The molecule has 110 valence electrons. The molecule has 0 aromatic carbocycles. The second-order valence-electron chi connectivity index (χ2n) is 5.95. The van der Waals surface area contributed by atoms with Gasteiger partial charge in [-0.15, -0.1) is 11.3 Å². The lowest BCUT2D eigenvalue weighted by Gasteiger charge is -2.26. The van der Waals surface area contributed by atoms with E-state index in [0.717, 1.165) is 23.8 Å². The zero-order valence-electron chi connectivity index (χ0n) is 12.3. The van der Waals surface area contributed by atoms with Crippen molar-refractivity contribution in [2.75, 3.05) is 6.54 Å². The van der Waals surface area contributed by atoms with E-state index in [1.807, 2.05) is 0 Å². The van der Waals surface area contributed by atoms with Crippen molar-refractivity contribution in [2.24, 2.45) is 5.92 Å². The van der Waals surface area contributed by atoms with Crippen LogP contribution in [0.15, 0.2) is 17.8 Å². The van der Waals surface area contributed by atoms with Gasteiger partial charge in [0.05, 0.1) is 5.69 Å². The molecule has 0 amide bonds. The van der Waals surface area contributed by atoms with Gasteiger partial charge < -0.3 is 5.32 Å². The molecule has 3 rings (SSSR count). The summed E-state index contributed by atoms with van der Waals surface area (Å²) >= 11 is 1.72. The van der Waals surface area contributed by atoms with E-state index in [1.165, 1.54) is 44.2 Å². The number of nitrogens with one attached hydrogen (secondary N) is 1. The Morgan fingerprint density at radius 2 is 2.15 bits per heavy atom. The normalized spacial score (nSPS) is 19.2. The van der Waals surface area contributed by atoms with Crippen LogP contribution in [0.4, 0.5) is 0 Å². The van der Waals surface area contributed by atoms with Gasteiger partial charge in [0.1, 0.15) is 0 Å². The van der Waals surface area contributed by atoms with Crippen molar-refractivity contribution in [3.8, 4) is 0 Å². The summed E-state index contributed by atoms with van der Waals surface area (Å²) < 4.78 is 2.15. The van der Waals surface area contributed by atoms with Crippen LogP contribution in [-0.4, -0.2) is 22.0 Å². The third-order valence-electron chi connectivity index (χ3n) is 4.51. The van der Waals surface area contributed by atoms with E-state index in [9.17, 15) is 0 Å². The maximum absolute atomic E-state index is 4.75. The largest absolute Gasteiger partial charge is 0.314 e. The van der Waals surface area contributed by atoms with Crippen LogP contribution in [0.1, 0.15) is 51.1 Å². The van der Waals surface area contributed by atoms with Gasteiger partial charge in [-0.1, -0.05) is 32.6 Å². The molecule has 1 N–H and O–H groups in total. The van der Waals surface area contributed by atoms with Gasteiger partial charge in [-0.25, -0.2) is 4.98 Å². The summed E-state index contributed by atoms with van der Waals surface area (Å²) in [5.74, 6) is 0.831. The smallest absolute Gasteiger partial charge is 0.193 e. The molecule has 0 aliphatic heterocycles. The summed E-state index contributed by atoms with van der Waals surface area (Å²) in [5.41, 5.74) is 1.24. The highest BCUT2D eigenvalue weighted by Crippen LogP contribution is 2.27. The molecule has 0 spiro atoms. The molecule has 1 atom stereocenters. The Balaban J connectivity index is 1.70. The number of nitrogens with zero attached hydrogens (tertiary/aromatic N) is 2. The first kappa shape index (κ1) is 14.1. The number of likely N-dealkylation sites (N-methyl/N-ethyl adjacent to an activating group) is 1. The maximum atomic E-state index is 4.75. The van der Waals surface area contributed by atoms with Crippen LogP contribution in [0.3, 0.4) is 0 Å². The van der Waals surface area contributed by atoms with Crippen molar-refractivity contribution in [3.63, 3.8) is 0 Å². The van der Waals surface area contributed by atoms with Crippen molar-refractivity contribution in [1.29, 1.82) is 0 Å². The molecular weight excluding hydrogens is 266 g/mol. The summed E-state index contributed by atoms with van der Waals surface area (Å²) in [4.78, 5) is 5.88. The average Bonchev–Trinajstić information content (AvgIpc) is 2.90. The minimum absolute atomic E-state index is 0.600. The molecule has 0 radical (unpaired) electrons. The molecule has 0 bridgehead atoms. The Bertz CT molecular complexity index is 494. The van der Waals surface area contributed by atoms with Crippen LogP contribution in [0.25, 0.3) is 4.96 Å². The van der Waals surface area contributed by atoms with E-state index in [2.05, 4.69) is 34.4 Å². The third-order valence-corrected chi connectivity index (χ3v) is 5.28. The van der Waals surface area contributed by atoms with Crippen LogP contribution in [-0.2, 0) is 6.42 Å². The first-order valence-electron chi connectivity index (χ1n) is 8.01. The number of aromatic nitrogens is 2. The van der Waals surface area contributed by atoms with Crippen LogP contribution >= 0.6 is 11.3 Å². The Morgan fingerprint density at radius 1 is 1.35 bits per heavy atom. The monoisotopic (exact) mass is 291 g/mol. The molecule has 1 fully saturated rings. The standard InChI is InChI=1S/C16H25N3S/c1-2-17-15(13-7-5-3-4-6-8-13)11-14-12-19-9-10-20-16(19)18-14/h9-10,12-13,15,17H,2-8,11H2,1H3. The van der Waals surface area contributed by atoms with Crippen molar-refractivity contribution < 1.29 is 0 Å². The number of imidazole rings is 1. The molecule has 3 nitrogen and oxygen atoms in total. The molecule has 1 aliphatic rings. The van der Waals surface area contributed by atoms with Crippen molar-refractivity contribution in [3.05, 3.63) is 23.5 Å². The SMILES string of the molecule is CCNC(Cc1cn2ccsc2n1)C1CCCCCC1. The molecule has 2 aromatic rings. The van der Waals surface area contributed by atoms with E-state index in [1.54, 1.807) is 11.3 Å². The Hall–Kier alpha value is -0.870. The van der Waals surface area contributed by atoms with E-state index in [4.69, 9.17) is 4.98 Å². The molecule has 2 aromatic heterocycles. The van der Waals surface area contributed by atoms with Gasteiger partial charge in [0.2, 0.25) is 0 Å². The van der Waals surface area contributed by atoms with Crippen molar-refractivity contribution in [2.45, 2.75) is 57.9 Å². The van der Waals surface area contributed by atoms with E-state index in [-0.39, 0.29) is 0 Å². The molecular formula is C16H25N3S. The lowest BCUT2D eigenvalue weighted by molar-refractivity contribution is 0.320. The zero-order chi connectivity index (χ0) is 13.8. The number of fused-ring (bicyclic) bond motifs is 1. The molecule has 0 saturated heterocycles. The van der Waals surface area contributed by atoms with Crippen LogP contribution < -0.4 is 5.32 Å². The minimum Gasteiger partial charge on any atom is -0.314 e. The second kappa shape index (κ2) is 6.72. The Morgan fingerprint density at radius 3 is 2.85 bits per heavy atom.